The predicted octanol–water partition coefficient (Wildman–Crippen LogP) is 2.73. The van der Waals surface area contributed by atoms with Gasteiger partial charge in [-0.2, -0.15) is 11.3 Å². The normalized spacial score (nSPS) is 10.9. The molecule has 86 valence electrons. The molecule has 0 bridgehead atoms. The Morgan fingerprint density at radius 1 is 1.31 bits per heavy atom. The fourth-order valence-electron chi connectivity index (χ4n) is 1.46. The van der Waals surface area contributed by atoms with Crippen molar-refractivity contribution in [2.45, 2.75) is 19.8 Å². The summed E-state index contributed by atoms with van der Waals surface area (Å²) in [5.41, 5.74) is 2.53. The van der Waals surface area contributed by atoms with Crippen LogP contribution >= 0.6 is 22.7 Å². The second-order valence-corrected chi connectivity index (χ2v) is 5.48. The fraction of sp³-hybridized carbons (Fsp3) is 0.455. The molecule has 0 aliphatic heterocycles. The molecule has 0 atom stereocenters. The highest BCUT2D eigenvalue weighted by molar-refractivity contribution is 7.15. The van der Waals surface area contributed by atoms with E-state index in [0.29, 0.717) is 0 Å². The minimum atomic E-state index is 1.02. The first-order valence-corrected chi connectivity index (χ1v) is 7.07. The maximum atomic E-state index is 4.25. The molecule has 16 heavy (non-hydrogen) atoms. The van der Waals surface area contributed by atoms with Crippen molar-refractivity contribution >= 4 is 22.7 Å². The van der Waals surface area contributed by atoms with Gasteiger partial charge in [0.05, 0.1) is 0 Å². The molecule has 0 saturated heterocycles. The third kappa shape index (κ3) is 2.66. The zero-order chi connectivity index (χ0) is 11.4. The number of thiophene rings is 1. The maximum Gasteiger partial charge on any atom is 0.148 e. The van der Waals surface area contributed by atoms with E-state index >= 15 is 0 Å². The van der Waals surface area contributed by atoms with Crippen molar-refractivity contribution in [2.24, 2.45) is 0 Å². The van der Waals surface area contributed by atoms with E-state index in [-0.39, 0.29) is 0 Å². The van der Waals surface area contributed by atoms with E-state index in [1.54, 1.807) is 22.7 Å². The van der Waals surface area contributed by atoms with Crippen LogP contribution in [0.3, 0.4) is 0 Å². The summed E-state index contributed by atoms with van der Waals surface area (Å²) in [5, 5.41) is 18.1. The minimum Gasteiger partial charge on any atom is -0.320 e. The van der Waals surface area contributed by atoms with E-state index in [0.717, 1.165) is 29.4 Å². The van der Waals surface area contributed by atoms with Gasteiger partial charge in [0.2, 0.25) is 0 Å². The first kappa shape index (κ1) is 11.7. The van der Waals surface area contributed by atoms with E-state index in [9.17, 15) is 0 Å². The van der Waals surface area contributed by atoms with Gasteiger partial charge >= 0.3 is 0 Å². The highest BCUT2D eigenvalue weighted by Crippen LogP contribution is 2.29. The van der Waals surface area contributed by atoms with Gasteiger partial charge in [-0.3, -0.25) is 0 Å². The van der Waals surface area contributed by atoms with Gasteiger partial charge in [-0.1, -0.05) is 11.3 Å². The van der Waals surface area contributed by atoms with Crippen LogP contribution in [-0.2, 0) is 6.42 Å². The maximum absolute atomic E-state index is 4.25. The van der Waals surface area contributed by atoms with Gasteiger partial charge in [0, 0.05) is 17.4 Å². The lowest BCUT2D eigenvalue weighted by Crippen LogP contribution is -2.08. The Morgan fingerprint density at radius 2 is 2.19 bits per heavy atom. The molecule has 2 aromatic rings. The standard InChI is InChI=1S/C11H15N3S2/c1-8-6-15-7-9(8)11-14-13-10(16-11)4-3-5-12-2/h6-7,12H,3-5H2,1-2H3. The van der Waals surface area contributed by atoms with Crippen LogP contribution in [0.2, 0.25) is 0 Å². The topological polar surface area (TPSA) is 37.8 Å². The summed E-state index contributed by atoms with van der Waals surface area (Å²) in [6.07, 6.45) is 2.13. The second kappa shape index (κ2) is 5.52. The Labute approximate surface area is 104 Å². The molecule has 2 heterocycles. The van der Waals surface area contributed by atoms with Gasteiger partial charge in [0.25, 0.3) is 0 Å². The smallest absolute Gasteiger partial charge is 0.148 e. The average molecular weight is 253 g/mol. The van der Waals surface area contributed by atoms with Crippen LogP contribution in [0.15, 0.2) is 10.8 Å². The minimum absolute atomic E-state index is 1.02. The monoisotopic (exact) mass is 253 g/mol. The van der Waals surface area contributed by atoms with Crippen molar-refractivity contribution in [3.05, 3.63) is 21.3 Å². The van der Waals surface area contributed by atoms with Gasteiger partial charge in [0.15, 0.2) is 0 Å². The lowest BCUT2D eigenvalue weighted by atomic mass is 10.2. The summed E-state index contributed by atoms with van der Waals surface area (Å²) >= 11 is 3.43. The molecule has 2 rings (SSSR count). The molecule has 0 saturated carbocycles. The summed E-state index contributed by atoms with van der Waals surface area (Å²) in [4.78, 5) is 0. The largest absolute Gasteiger partial charge is 0.320 e. The van der Waals surface area contributed by atoms with Crippen LogP contribution < -0.4 is 5.32 Å². The first-order chi connectivity index (χ1) is 7.81. The zero-order valence-corrected chi connectivity index (χ0v) is 11.1. The highest BCUT2D eigenvalue weighted by atomic mass is 32.1. The predicted molar refractivity (Wildman–Crippen MR) is 70.2 cm³/mol. The molecule has 2 aromatic heterocycles. The molecular formula is C11H15N3S2. The number of rotatable bonds is 5. The number of aryl methyl sites for hydroxylation is 2. The Hall–Kier alpha value is -0.780. The lowest BCUT2D eigenvalue weighted by molar-refractivity contribution is 0.718. The van der Waals surface area contributed by atoms with E-state index in [2.05, 4.69) is 33.2 Å². The van der Waals surface area contributed by atoms with E-state index in [1.165, 1.54) is 11.1 Å². The molecule has 3 nitrogen and oxygen atoms in total. The third-order valence-electron chi connectivity index (χ3n) is 2.37. The Bertz CT molecular complexity index is 448. The molecule has 0 spiro atoms. The molecule has 0 aliphatic rings. The van der Waals surface area contributed by atoms with Gasteiger partial charge in [-0.15, -0.1) is 10.2 Å². The number of nitrogens with zero attached hydrogens (tertiary/aromatic N) is 2. The summed E-state index contributed by atoms with van der Waals surface area (Å²) in [5.74, 6) is 0. The fourth-order valence-corrected chi connectivity index (χ4v) is 3.33. The molecule has 1 N–H and O–H groups in total. The van der Waals surface area contributed by atoms with Crippen LogP contribution in [0.25, 0.3) is 10.6 Å². The van der Waals surface area contributed by atoms with Crippen molar-refractivity contribution < 1.29 is 0 Å². The molecule has 0 amide bonds. The number of nitrogens with one attached hydrogen (secondary N) is 1. The molecule has 0 aromatic carbocycles. The summed E-state index contributed by atoms with van der Waals surface area (Å²) in [6.45, 7) is 3.15. The van der Waals surface area contributed by atoms with Crippen LogP contribution in [0.1, 0.15) is 17.0 Å². The van der Waals surface area contributed by atoms with E-state index in [1.807, 2.05) is 7.05 Å². The van der Waals surface area contributed by atoms with Crippen LogP contribution in [0.4, 0.5) is 0 Å². The van der Waals surface area contributed by atoms with Crippen molar-refractivity contribution in [3.8, 4) is 10.6 Å². The third-order valence-corrected chi connectivity index (χ3v) is 4.25. The second-order valence-electron chi connectivity index (χ2n) is 3.68. The summed E-state index contributed by atoms with van der Waals surface area (Å²) in [6, 6.07) is 0. The number of hydrogen-bond donors (Lipinski definition) is 1. The Balaban J connectivity index is 2.05. The highest BCUT2D eigenvalue weighted by Gasteiger charge is 2.09. The lowest BCUT2D eigenvalue weighted by Gasteiger charge is -1.94. The number of aromatic nitrogens is 2. The van der Waals surface area contributed by atoms with Crippen molar-refractivity contribution in [1.29, 1.82) is 0 Å². The van der Waals surface area contributed by atoms with Crippen LogP contribution in [0, 0.1) is 6.92 Å². The Morgan fingerprint density at radius 3 is 2.88 bits per heavy atom. The van der Waals surface area contributed by atoms with Crippen LogP contribution in [-0.4, -0.2) is 23.8 Å². The quantitative estimate of drug-likeness (QED) is 0.833. The molecule has 0 aliphatic carbocycles. The SMILES string of the molecule is CNCCCc1nnc(-c2cscc2C)s1. The van der Waals surface area contributed by atoms with Crippen molar-refractivity contribution in [1.82, 2.24) is 15.5 Å². The van der Waals surface area contributed by atoms with E-state index in [4.69, 9.17) is 0 Å². The summed E-state index contributed by atoms with van der Waals surface area (Å²) < 4.78 is 0. The average Bonchev–Trinajstić information content (AvgIpc) is 2.87. The van der Waals surface area contributed by atoms with Gasteiger partial charge < -0.3 is 5.32 Å². The molecule has 0 unspecified atom stereocenters. The van der Waals surface area contributed by atoms with Gasteiger partial charge in [-0.25, -0.2) is 0 Å². The van der Waals surface area contributed by atoms with Crippen molar-refractivity contribution in [2.75, 3.05) is 13.6 Å². The molecule has 0 fully saturated rings. The zero-order valence-electron chi connectivity index (χ0n) is 9.49. The van der Waals surface area contributed by atoms with Gasteiger partial charge in [0.1, 0.15) is 10.0 Å². The summed E-state index contributed by atoms with van der Waals surface area (Å²) in [7, 11) is 1.97. The van der Waals surface area contributed by atoms with Crippen LogP contribution in [0.5, 0.6) is 0 Å². The molecular weight excluding hydrogens is 238 g/mol. The van der Waals surface area contributed by atoms with Gasteiger partial charge in [-0.05, 0) is 37.9 Å². The first-order valence-electron chi connectivity index (χ1n) is 5.31. The number of hydrogen-bond acceptors (Lipinski definition) is 5. The molecule has 5 heteroatoms. The molecule has 0 radical (unpaired) electrons. The Kier molecular flexibility index (Phi) is 4.04. The van der Waals surface area contributed by atoms with E-state index < -0.39 is 0 Å². The van der Waals surface area contributed by atoms with Crippen molar-refractivity contribution in [3.63, 3.8) is 0 Å².